The number of carbonyl (C=O) groups excluding carboxylic acids is 3. The number of aromatic hydroxyl groups is 1. The lowest BCUT2D eigenvalue weighted by molar-refractivity contribution is -0.113. The summed E-state index contributed by atoms with van der Waals surface area (Å²) in [6.45, 7) is 11.4. The van der Waals surface area contributed by atoms with E-state index in [1.807, 2.05) is 6.07 Å². The zero-order chi connectivity index (χ0) is 34.1. The number of benzene rings is 2. The van der Waals surface area contributed by atoms with Gasteiger partial charge in [0.15, 0.2) is 17.3 Å². The predicted molar refractivity (Wildman–Crippen MR) is 186 cm³/mol. The standard InChI is InChI=1S/C38H52O7Si/c1-8-9-10-11-12-13-15-34-17-19-35(20-18-34)38-22-21-37(42)27-36(38)16-14-23-46(43-31(5)24-28(2)39,44-32(6)25-29(3)40)45-33(7)26-30(4)41/h17-22,24-27,42H,8-16,23H2,1-7H3. The summed E-state index contributed by atoms with van der Waals surface area (Å²) in [5, 5.41) is 10.4. The zero-order valence-electron chi connectivity index (χ0n) is 28.7. The second-order valence-electron chi connectivity index (χ2n) is 12.0. The summed E-state index contributed by atoms with van der Waals surface area (Å²) >= 11 is 0. The second-order valence-corrected chi connectivity index (χ2v) is 14.5. The second kappa shape index (κ2) is 19.6. The highest BCUT2D eigenvalue weighted by Gasteiger charge is 2.49. The Morgan fingerprint density at radius 2 is 1.15 bits per heavy atom. The minimum atomic E-state index is -3.70. The van der Waals surface area contributed by atoms with Crippen LogP contribution in [0.2, 0.25) is 6.04 Å². The van der Waals surface area contributed by atoms with Gasteiger partial charge in [-0.1, -0.05) is 69.4 Å². The van der Waals surface area contributed by atoms with Crippen LogP contribution < -0.4 is 0 Å². The van der Waals surface area contributed by atoms with E-state index >= 15 is 0 Å². The molecule has 46 heavy (non-hydrogen) atoms. The highest BCUT2D eigenvalue weighted by atomic mass is 28.4. The minimum absolute atomic E-state index is 0.173. The Kier molecular flexibility index (Phi) is 16.3. The van der Waals surface area contributed by atoms with Gasteiger partial charge in [-0.3, -0.25) is 14.4 Å². The molecule has 0 heterocycles. The van der Waals surface area contributed by atoms with Crippen molar-refractivity contribution < 1.29 is 32.8 Å². The lowest BCUT2D eigenvalue weighted by Gasteiger charge is -2.31. The first kappa shape index (κ1) is 38.3. The van der Waals surface area contributed by atoms with E-state index < -0.39 is 8.80 Å². The van der Waals surface area contributed by atoms with Crippen LogP contribution in [0.5, 0.6) is 5.75 Å². The molecule has 0 spiro atoms. The zero-order valence-corrected chi connectivity index (χ0v) is 29.7. The lowest BCUT2D eigenvalue weighted by Crippen LogP contribution is -2.44. The van der Waals surface area contributed by atoms with E-state index in [1.165, 1.54) is 83.1 Å². The van der Waals surface area contributed by atoms with Gasteiger partial charge in [0, 0.05) is 18.2 Å². The van der Waals surface area contributed by atoms with Gasteiger partial charge in [0.1, 0.15) is 5.75 Å². The molecule has 2 aromatic rings. The maximum atomic E-state index is 11.8. The fourth-order valence-electron chi connectivity index (χ4n) is 5.42. The van der Waals surface area contributed by atoms with Crippen LogP contribution in [0, 0.1) is 0 Å². The summed E-state index contributed by atoms with van der Waals surface area (Å²) in [4.78, 5) is 35.5. The number of aryl methyl sites for hydroxylation is 2. The van der Waals surface area contributed by atoms with Crippen molar-refractivity contribution in [3.8, 4) is 16.9 Å². The molecule has 0 saturated heterocycles. The van der Waals surface area contributed by atoms with Gasteiger partial charge < -0.3 is 18.4 Å². The third kappa shape index (κ3) is 14.5. The molecular weight excluding hydrogens is 596 g/mol. The van der Waals surface area contributed by atoms with Crippen LogP contribution in [0.3, 0.4) is 0 Å². The van der Waals surface area contributed by atoms with Crippen LogP contribution in [0.25, 0.3) is 11.1 Å². The average Bonchev–Trinajstić information content (AvgIpc) is 2.94. The van der Waals surface area contributed by atoms with E-state index in [4.69, 9.17) is 13.3 Å². The SMILES string of the molecule is CCCCCCCCc1ccc(-c2ccc(O)cc2CCC[Si](OC(C)=CC(C)=O)(OC(C)=CC(C)=O)OC(C)=CC(C)=O)cc1. The Labute approximate surface area is 276 Å². The van der Waals surface area contributed by atoms with Crippen molar-refractivity contribution in [2.75, 3.05) is 0 Å². The maximum absolute atomic E-state index is 11.8. The van der Waals surface area contributed by atoms with Crippen molar-refractivity contribution in [2.45, 2.75) is 112 Å². The van der Waals surface area contributed by atoms with Crippen molar-refractivity contribution in [1.82, 2.24) is 0 Å². The van der Waals surface area contributed by atoms with E-state index in [9.17, 15) is 19.5 Å². The van der Waals surface area contributed by atoms with Crippen molar-refractivity contribution in [1.29, 1.82) is 0 Å². The van der Waals surface area contributed by atoms with E-state index in [-0.39, 0.29) is 23.1 Å². The summed E-state index contributed by atoms with van der Waals surface area (Å²) in [6.07, 6.45) is 13.8. The number of phenols is 1. The fourth-order valence-corrected chi connectivity index (χ4v) is 8.11. The Morgan fingerprint density at radius 1 is 0.652 bits per heavy atom. The highest BCUT2D eigenvalue weighted by molar-refractivity contribution is 6.61. The topological polar surface area (TPSA) is 99.1 Å². The molecule has 0 fully saturated rings. The summed E-state index contributed by atoms with van der Waals surface area (Å²) in [6, 6.07) is 14.3. The third-order valence-corrected chi connectivity index (χ3v) is 10.1. The number of hydrogen-bond acceptors (Lipinski definition) is 7. The van der Waals surface area contributed by atoms with Gasteiger partial charge >= 0.3 is 8.80 Å². The van der Waals surface area contributed by atoms with E-state index in [0.717, 1.165) is 23.1 Å². The van der Waals surface area contributed by atoms with E-state index in [2.05, 4.69) is 31.2 Å². The van der Waals surface area contributed by atoms with Gasteiger partial charge in [-0.25, -0.2) is 0 Å². The molecule has 0 aromatic heterocycles. The van der Waals surface area contributed by atoms with Crippen molar-refractivity contribution in [2.24, 2.45) is 0 Å². The number of rotatable bonds is 21. The molecule has 2 aromatic carbocycles. The number of hydrogen-bond donors (Lipinski definition) is 1. The Hall–Kier alpha value is -3.91. The first-order chi connectivity index (χ1) is 21.8. The van der Waals surface area contributed by atoms with Gasteiger partial charge in [-0.2, -0.15) is 0 Å². The molecule has 0 bridgehead atoms. The third-order valence-electron chi connectivity index (χ3n) is 7.27. The number of unbranched alkanes of at least 4 members (excludes halogenated alkanes) is 5. The Bertz CT molecular complexity index is 1320. The number of allylic oxidation sites excluding steroid dienone is 6. The van der Waals surface area contributed by atoms with Crippen molar-refractivity contribution in [3.63, 3.8) is 0 Å². The van der Waals surface area contributed by atoms with Crippen LogP contribution in [-0.4, -0.2) is 31.3 Å². The Morgan fingerprint density at radius 3 is 1.65 bits per heavy atom. The van der Waals surface area contributed by atoms with Gasteiger partial charge in [-0.15, -0.1) is 0 Å². The molecule has 0 radical (unpaired) electrons. The highest BCUT2D eigenvalue weighted by Crippen LogP contribution is 2.32. The largest absolute Gasteiger partial charge is 0.698 e. The molecule has 0 aliphatic rings. The molecular formula is C38H52O7Si. The van der Waals surface area contributed by atoms with Crippen LogP contribution in [0.1, 0.15) is 105 Å². The summed E-state index contributed by atoms with van der Waals surface area (Å²) < 4.78 is 18.9. The number of ketones is 3. The fraction of sp³-hybridized carbons (Fsp3) is 0.447. The summed E-state index contributed by atoms with van der Waals surface area (Å²) in [7, 11) is -3.70. The van der Waals surface area contributed by atoms with Gasteiger partial charge in [0.25, 0.3) is 0 Å². The monoisotopic (exact) mass is 648 g/mol. The summed E-state index contributed by atoms with van der Waals surface area (Å²) in [5.41, 5.74) is 4.36. The van der Waals surface area contributed by atoms with Crippen LogP contribution >= 0.6 is 0 Å². The first-order valence-corrected chi connectivity index (χ1v) is 18.3. The normalized spacial score (nSPS) is 13.6. The quantitative estimate of drug-likeness (QED) is 0.0623. The van der Waals surface area contributed by atoms with Gasteiger partial charge in [0.2, 0.25) is 0 Å². The predicted octanol–water partition coefficient (Wildman–Crippen LogP) is 9.36. The van der Waals surface area contributed by atoms with E-state index in [0.29, 0.717) is 36.2 Å². The maximum Gasteiger partial charge on any atom is 0.698 e. The van der Waals surface area contributed by atoms with Crippen LogP contribution in [0.15, 0.2) is 78.0 Å². The molecule has 0 amide bonds. The van der Waals surface area contributed by atoms with Gasteiger partial charge in [-0.05, 0) is 102 Å². The molecule has 0 saturated carbocycles. The molecule has 0 aliphatic carbocycles. The molecule has 2 rings (SSSR count). The van der Waals surface area contributed by atoms with Crippen molar-refractivity contribution in [3.05, 3.63) is 89.1 Å². The van der Waals surface area contributed by atoms with Crippen LogP contribution in [-0.2, 0) is 40.5 Å². The molecule has 8 heteroatoms. The number of phenolic OH excluding ortho intramolecular Hbond substituents is 1. The molecule has 0 aliphatic heterocycles. The molecule has 0 atom stereocenters. The molecule has 0 unspecified atom stereocenters. The van der Waals surface area contributed by atoms with Crippen molar-refractivity contribution >= 4 is 26.2 Å². The molecule has 1 N–H and O–H groups in total. The molecule has 250 valence electrons. The smallest absolute Gasteiger partial charge is 0.508 e. The lowest BCUT2D eigenvalue weighted by atomic mass is 9.95. The summed E-state index contributed by atoms with van der Waals surface area (Å²) in [5.74, 6) is 0.504. The van der Waals surface area contributed by atoms with Gasteiger partial charge in [0.05, 0.1) is 23.3 Å². The molecule has 7 nitrogen and oxygen atoms in total. The average molecular weight is 649 g/mol. The Balaban J connectivity index is 2.34. The first-order valence-electron chi connectivity index (χ1n) is 16.4. The minimum Gasteiger partial charge on any atom is -0.508 e. The van der Waals surface area contributed by atoms with Crippen LogP contribution in [0.4, 0.5) is 0 Å². The number of carbonyl (C=O) groups is 3. The van der Waals surface area contributed by atoms with E-state index in [1.54, 1.807) is 32.9 Å².